The number of ether oxygens (including phenoxy) is 1. The molecule has 0 radical (unpaired) electrons. The Morgan fingerprint density at radius 3 is 1.94 bits per heavy atom. The number of nitrogens with zero attached hydrogens (tertiary/aromatic N) is 1. The zero-order valence-corrected chi connectivity index (χ0v) is 21.1. The van der Waals surface area contributed by atoms with Crippen molar-refractivity contribution in [2.75, 3.05) is 0 Å². The predicted octanol–water partition coefficient (Wildman–Crippen LogP) is 6.15. The van der Waals surface area contributed by atoms with Crippen LogP contribution in [0.5, 0.6) is 5.75 Å². The molecule has 0 aliphatic rings. The summed E-state index contributed by atoms with van der Waals surface area (Å²) in [4.78, 5) is 21.6. The van der Waals surface area contributed by atoms with Gasteiger partial charge in [0, 0.05) is 52.9 Å². The lowest BCUT2D eigenvalue weighted by Crippen LogP contribution is -2.42. The van der Waals surface area contributed by atoms with E-state index in [2.05, 4.69) is 51.7 Å². The molecule has 6 nitrogen and oxygen atoms in total. The second-order valence-corrected chi connectivity index (χ2v) is 9.41. The molecule has 0 bridgehead atoms. The first-order valence-electron chi connectivity index (χ1n) is 11.9. The van der Waals surface area contributed by atoms with Gasteiger partial charge < -0.3 is 19.6 Å². The number of aromatic amines is 2. The van der Waals surface area contributed by atoms with Gasteiger partial charge in [0.05, 0.1) is 6.10 Å². The van der Waals surface area contributed by atoms with Crippen LogP contribution in [0.4, 0.5) is 0 Å². The van der Waals surface area contributed by atoms with Gasteiger partial charge in [-0.2, -0.15) is 0 Å². The minimum atomic E-state index is -0.249. The van der Waals surface area contributed by atoms with Gasteiger partial charge in [0.2, 0.25) is 0 Å². The zero-order valence-electron chi connectivity index (χ0n) is 20.2. The third-order valence-electron chi connectivity index (χ3n) is 6.09. The van der Waals surface area contributed by atoms with Crippen LogP contribution >= 0.6 is 12.2 Å². The SMILES string of the molecule is CC(C)Oc1ccc(C(=O)NC(=S)N(Cc2cccc3[nH]ccc23)Cc2cccc3[nH]ccc23)cc1. The van der Waals surface area contributed by atoms with Crippen LogP contribution < -0.4 is 10.1 Å². The molecule has 2 heterocycles. The summed E-state index contributed by atoms with van der Waals surface area (Å²) in [6, 6.07) is 23.6. The maximum absolute atomic E-state index is 13.1. The Morgan fingerprint density at radius 1 is 0.861 bits per heavy atom. The molecule has 5 rings (SSSR count). The largest absolute Gasteiger partial charge is 0.491 e. The summed E-state index contributed by atoms with van der Waals surface area (Å²) in [7, 11) is 0. The minimum absolute atomic E-state index is 0.0692. The molecule has 0 aliphatic carbocycles. The summed E-state index contributed by atoms with van der Waals surface area (Å²) in [5, 5.41) is 5.59. The fraction of sp³-hybridized carbons (Fsp3) is 0.172. The van der Waals surface area contributed by atoms with Crippen LogP contribution in [-0.2, 0) is 13.1 Å². The third-order valence-corrected chi connectivity index (χ3v) is 6.45. The Morgan fingerprint density at radius 2 is 1.42 bits per heavy atom. The highest BCUT2D eigenvalue weighted by Gasteiger charge is 2.18. The Hall–Kier alpha value is -4.10. The molecule has 0 fully saturated rings. The zero-order chi connectivity index (χ0) is 25.1. The van der Waals surface area contributed by atoms with Crippen LogP contribution in [0.1, 0.15) is 35.3 Å². The molecule has 0 unspecified atom stereocenters. The van der Waals surface area contributed by atoms with Gasteiger partial charge in [-0.3, -0.25) is 10.1 Å². The van der Waals surface area contributed by atoms with E-state index in [9.17, 15) is 4.79 Å². The Balaban J connectivity index is 1.40. The molecule has 182 valence electrons. The molecule has 36 heavy (non-hydrogen) atoms. The number of H-pyrrole nitrogens is 2. The van der Waals surface area contributed by atoms with Gasteiger partial charge in [-0.1, -0.05) is 24.3 Å². The summed E-state index contributed by atoms with van der Waals surface area (Å²) in [6.07, 6.45) is 3.94. The van der Waals surface area contributed by atoms with E-state index in [0.717, 1.165) is 38.7 Å². The lowest BCUT2D eigenvalue weighted by atomic mass is 10.1. The number of rotatable bonds is 7. The van der Waals surface area contributed by atoms with Crippen LogP contribution in [-0.4, -0.2) is 32.0 Å². The normalized spacial score (nSPS) is 11.2. The number of hydrogen-bond acceptors (Lipinski definition) is 3. The molecule has 2 aromatic heterocycles. The molecular formula is C29H28N4O2S. The number of nitrogens with one attached hydrogen (secondary N) is 3. The van der Waals surface area contributed by atoms with Crippen LogP contribution in [0.2, 0.25) is 0 Å². The van der Waals surface area contributed by atoms with Crippen molar-refractivity contribution < 1.29 is 9.53 Å². The number of carbonyl (C=O) groups excluding carboxylic acids is 1. The van der Waals surface area contributed by atoms with Gasteiger partial charge in [-0.25, -0.2) is 0 Å². The fourth-order valence-electron chi connectivity index (χ4n) is 4.39. The topological polar surface area (TPSA) is 73.2 Å². The molecule has 7 heteroatoms. The number of fused-ring (bicyclic) bond motifs is 2. The maximum atomic E-state index is 13.1. The molecule has 1 amide bonds. The van der Waals surface area contributed by atoms with Gasteiger partial charge in [0.15, 0.2) is 5.11 Å². The number of carbonyl (C=O) groups is 1. The number of aromatic nitrogens is 2. The highest BCUT2D eigenvalue weighted by atomic mass is 32.1. The van der Waals surface area contributed by atoms with Gasteiger partial charge in [-0.05, 0) is 85.7 Å². The van der Waals surface area contributed by atoms with E-state index in [1.807, 2.05) is 43.3 Å². The van der Waals surface area contributed by atoms with Gasteiger partial charge >= 0.3 is 0 Å². The van der Waals surface area contributed by atoms with Crippen molar-refractivity contribution in [1.29, 1.82) is 0 Å². The standard InChI is InChI=1S/C29H28N4O2S/c1-19(2)35-23-11-9-20(10-12-23)28(34)32-29(36)33(17-21-5-3-7-26-24(21)13-15-30-26)18-22-6-4-8-27-25(22)14-16-31-27/h3-16,19,30-31H,17-18H2,1-2H3,(H,32,34,36). The van der Waals surface area contributed by atoms with Crippen molar-refractivity contribution >= 4 is 45.0 Å². The Bertz CT molecular complexity index is 1440. The van der Waals surface area contributed by atoms with E-state index in [4.69, 9.17) is 17.0 Å². The second kappa shape index (κ2) is 10.3. The smallest absolute Gasteiger partial charge is 0.257 e. The van der Waals surface area contributed by atoms with Crippen molar-refractivity contribution in [1.82, 2.24) is 20.2 Å². The molecule has 0 saturated carbocycles. The number of amides is 1. The van der Waals surface area contributed by atoms with Crippen LogP contribution in [0, 0.1) is 0 Å². The van der Waals surface area contributed by atoms with E-state index in [1.54, 1.807) is 24.3 Å². The van der Waals surface area contributed by atoms with Gasteiger partial charge in [0.1, 0.15) is 5.75 Å². The lowest BCUT2D eigenvalue weighted by molar-refractivity contribution is 0.0972. The molecule has 3 aromatic carbocycles. The Labute approximate surface area is 215 Å². The number of hydrogen-bond donors (Lipinski definition) is 3. The van der Waals surface area contributed by atoms with Gasteiger partial charge in [-0.15, -0.1) is 0 Å². The molecule has 0 saturated heterocycles. The first-order valence-corrected chi connectivity index (χ1v) is 12.4. The minimum Gasteiger partial charge on any atom is -0.491 e. The summed E-state index contributed by atoms with van der Waals surface area (Å²) in [6.45, 7) is 5.04. The molecule has 0 spiro atoms. The van der Waals surface area contributed by atoms with E-state index in [0.29, 0.717) is 23.8 Å². The van der Waals surface area contributed by atoms with Gasteiger partial charge in [0.25, 0.3) is 5.91 Å². The van der Waals surface area contributed by atoms with Crippen molar-refractivity contribution in [2.24, 2.45) is 0 Å². The molecule has 0 atom stereocenters. The first-order chi connectivity index (χ1) is 17.5. The van der Waals surface area contributed by atoms with Crippen molar-refractivity contribution in [3.8, 4) is 5.75 Å². The second-order valence-electron chi connectivity index (χ2n) is 9.02. The molecule has 5 aromatic rings. The van der Waals surface area contributed by atoms with Crippen LogP contribution in [0.3, 0.4) is 0 Å². The summed E-state index contributed by atoms with van der Waals surface area (Å²) in [5.41, 5.74) is 4.91. The van der Waals surface area contributed by atoms with Crippen molar-refractivity contribution in [3.05, 3.63) is 102 Å². The lowest BCUT2D eigenvalue weighted by Gasteiger charge is -2.26. The van der Waals surface area contributed by atoms with Crippen molar-refractivity contribution in [3.63, 3.8) is 0 Å². The summed E-state index contributed by atoms with van der Waals surface area (Å²) in [5.74, 6) is 0.478. The van der Waals surface area contributed by atoms with Crippen LogP contribution in [0.15, 0.2) is 85.2 Å². The quantitative estimate of drug-likeness (QED) is 0.236. The highest BCUT2D eigenvalue weighted by molar-refractivity contribution is 7.80. The van der Waals surface area contributed by atoms with E-state index in [1.165, 1.54) is 0 Å². The maximum Gasteiger partial charge on any atom is 0.257 e. The highest BCUT2D eigenvalue weighted by Crippen LogP contribution is 2.23. The van der Waals surface area contributed by atoms with E-state index < -0.39 is 0 Å². The van der Waals surface area contributed by atoms with Crippen molar-refractivity contribution in [2.45, 2.75) is 33.0 Å². The number of thiocarbonyl (C=S) groups is 1. The Kier molecular flexibility index (Phi) is 6.73. The summed E-state index contributed by atoms with van der Waals surface area (Å²) < 4.78 is 5.69. The van der Waals surface area contributed by atoms with Crippen LogP contribution in [0.25, 0.3) is 21.8 Å². The molecule has 3 N–H and O–H groups in total. The van der Waals surface area contributed by atoms with E-state index >= 15 is 0 Å². The predicted molar refractivity (Wildman–Crippen MR) is 148 cm³/mol. The first kappa shape index (κ1) is 23.6. The average Bonchev–Trinajstić information content (AvgIpc) is 3.54. The third kappa shape index (κ3) is 5.11. The molecular weight excluding hydrogens is 468 g/mol. The number of benzene rings is 3. The van der Waals surface area contributed by atoms with E-state index in [-0.39, 0.29) is 12.0 Å². The monoisotopic (exact) mass is 496 g/mol. The summed E-state index contributed by atoms with van der Waals surface area (Å²) >= 11 is 5.79. The molecule has 0 aliphatic heterocycles. The fourth-order valence-corrected chi connectivity index (χ4v) is 4.61. The average molecular weight is 497 g/mol.